The van der Waals surface area contributed by atoms with Crippen LogP contribution in [0, 0.1) is 0 Å². The van der Waals surface area contributed by atoms with Crippen molar-refractivity contribution in [3.63, 3.8) is 0 Å². The van der Waals surface area contributed by atoms with Crippen LogP contribution >= 0.6 is 0 Å². The molecule has 0 aliphatic rings. The minimum absolute atomic E-state index is 0.964. The van der Waals surface area contributed by atoms with Crippen molar-refractivity contribution in [3.05, 3.63) is 109 Å². The average molecular weight is 320 g/mol. The molecule has 4 aromatic rings. The molecule has 1 heteroatoms. The van der Waals surface area contributed by atoms with Crippen LogP contribution in [0.25, 0.3) is 22.3 Å². The van der Waals surface area contributed by atoms with Crippen molar-refractivity contribution in [2.75, 3.05) is 0 Å². The first kappa shape index (κ1) is 15.2. The standard InChI is InChI=1S/C24H18N/c1-3-9-19(10-4-1)21-13-7-15-23(17-21)25-24-16-8-14-22(18-24)20-11-5-2-6-12-20/h1-18H. The van der Waals surface area contributed by atoms with E-state index in [4.69, 9.17) is 5.32 Å². The summed E-state index contributed by atoms with van der Waals surface area (Å²) >= 11 is 0. The Labute approximate surface area is 148 Å². The number of hydrogen-bond acceptors (Lipinski definition) is 0. The Kier molecular flexibility index (Phi) is 4.30. The summed E-state index contributed by atoms with van der Waals surface area (Å²) in [5.41, 5.74) is 6.70. The lowest BCUT2D eigenvalue weighted by molar-refractivity contribution is 1.19. The van der Waals surface area contributed by atoms with Gasteiger partial charge in [0.05, 0.1) is 11.4 Å². The number of hydrogen-bond donors (Lipinski definition) is 0. The lowest BCUT2D eigenvalue weighted by Crippen LogP contribution is -1.90. The highest BCUT2D eigenvalue weighted by Gasteiger charge is 2.03. The molecule has 0 saturated carbocycles. The minimum atomic E-state index is 0.964. The first-order valence-electron chi connectivity index (χ1n) is 8.41. The van der Waals surface area contributed by atoms with Crippen molar-refractivity contribution in [1.82, 2.24) is 5.32 Å². The fourth-order valence-electron chi connectivity index (χ4n) is 2.92. The lowest BCUT2D eigenvalue weighted by atomic mass is 10.0. The zero-order valence-corrected chi connectivity index (χ0v) is 13.8. The molecule has 4 aromatic carbocycles. The number of rotatable bonds is 4. The predicted octanol–water partition coefficient (Wildman–Crippen LogP) is 6.59. The van der Waals surface area contributed by atoms with Crippen molar-refractivity contribution in [1.29, 1.82) is 0 Å². The third-order valence-electron chi connectivity index (χ3n) is 4.16. The minimum Gasteiger partial charge on any atom is -0.249 e. The zero-order valence-electron chi connectivity index (χ0n) is 13.8. The Hall–Kier alpha value is -3.32. The molecule has 0 unspecified atom stereocenters. The van der Waals surface area contributed by atoms with E-state index in [1.54, 1.807) is 0 Å². The van der Waals surface area contributed by atoms with Crippen LogP contribution in [0.1, 0.15) is 0 Å². The van der Waals surface area contributed by atoms with Gasteiger partial charge in [-0.1, -0.05) is 84.9 Å². The van der Waals surface area contributed by atoms with Crippen molar-refractivity contribution < 1.29 is 0 Å². The van der Waals surface area contributed by atoms with Gasteiger partial charge in [0.25, 0.3) is 0 Å². The zero-order chi connectivity index (χ0) is 16.9. The molecule has 0 aliphatic carbocycles. The summed E-state index contributed by atoms with van der Waals surface area (Å²) in [5.74, 6) is 0. The molecular formula is C24H18N. The highest BCUT2D eigenvalue weighted by atomic mass is 14.9. The summed E-state index contributed by atoms with van der Waals surface area (Å²) in [6.45, 7) is 0. The molecule has 25 heavy (non-hydrogen) atoms. The van der Waals surface area contributed by atoms with Crippen LogP contribution in [0.3, 0.4) is 0 Å². The second kappa shape index (κ2) is 7.06. The third kappa shape index (κ3) is 3.61. The topological polar surface area (TPSA) is 14.1 Å². The Morgan fingerprint density at radius 1 is 0.360 bits per heavy atom. The second-order valence-electron chi connectivity index (χ2n) is 5.94. The third-order valence-corrected chi connectivity index (χ3v) is 4.16. The van der Waals surface area contributed by atoms with Gasteiger partial charge in [-0.05, 0) is 46.5 Å². The van der Waals surface area contributed by atoms with Gasteiger partial charge < -0.3 is 0 Å². The van der Waals surface area contributed by atoms with Crippen LogP contribution in [0.15, 0.2) is 109 Å². The average Bonchev–Trinajstić information content (AvgIpc) is 2.70. The Bertz CT molecular complexity index is 878. The maximum absolute atomic E-state index is 4.81. The largest absolute Gasteiger partial charge is 0.249 e. The number of benzene rings is 4. The molecule has 1 radical (unpaired) electrons. The van der Waals surface area contributed by atoms with E-state index in [0.717, 1.165) is 11.4 Å². The smallest absolute Gasteiger partial charge is 0.0643 e. The highest BCUT2D eigenvalue weighted by Crippen LogP contribution is 2.27. The van der Waals surface area contributed by atoms with Gasteiger partial charge in [0, 0.05) is 0 Å². The Morgan fingerprint density at radius 2 is 0.760 bits per heavy atom. The molecule has 0 heterocycles. The van der Waals surface area contributed by atoms with E-state index in [2.05, 4.69) is 84.9 Å². The van der Waals surface area contributed by atoms with Gasteiger partial charge in [0.2, 0.25) is 0 Å². The molecular weight excluding hydrogens is 302 g/mol. The number of nitrogens with zero attached hydrogens (tertiary/aromatic N) is 1. The van der Waals surface area contributed by atoms with Crippen LogP contribution in [-0.2, 0) is 0 Å². The van der Waals surface area contributed by atoms with Gasteiger partial charge in [0.15, 0.2) is 0 Å². The molecule has 0 atom stereocenters. The van der Waals surface area contributed by atoms with Gasteiger partial charge in [-0.15, -0.1) is 0 Å². The van der Waals surface area contributed by atoms with Gasteiger partial charge in [-0.2, -0.15) is 0 Å². The molecule has 4 rings (SSSR count). The Morgan fingerprint density at radius 3 is 1.20 bits per heavy atom. The van der Waals surface area contributed by atoms with Crippen molar-refractivity contribution in [3.8, 4) is 22.3 Å². The van der Waals surface area contributed by atoms with E-state index in [1.807, 2.05) is 24.3 Å². The fraction of sp³-hybridized carbons (Fsp3) is 0. The van der Waals surface area contributed by atoms with Gasteiger partial charge in [0.1, 0.15) is 0 Å². The molecule has 0 bridgehead atoms. The molecule has 0 aromatic heterocycles. The summed E-state index contributed by atoms with van der Waals surface area (Å²) in [6.07, 6.45) is 0. The van der Waals surface area contributed by atoms with Crippen molar-refractivity contribution in [2.45, 2.75) is 0 Å². The SMILES string of the molecule is c1ccc(-c2cccc([N]c3cccc(-c4ccccc4)c3)c2)cc1. The van der Waals surface area contributed by atoms with Crippen molar-refractivity contribution >= 4 is 11.4 Å². The fourth-order valence-corrected chi connectivity index (χ4v) is 2.92. The molecule has 0 fully saturated rings. The van der Waals surface area contributed by atoms with Crippen LogP contribution in [0.2, 0.25) is 0 Å². The molecule has 0 saturated heterocycles. The normalized spacial score (nSPS) is 10.4. The molecule has 0 aliphatic heterocycles. The van der Waals surface area contributed by atoms with E-state index in [-0.39, 0.29) is 0 Å². The molecule has 1 nitrogen and oxygen atoms in total. The van der Waals surface area contributed by atoms with Gasteiger partial charge in [-0.3, -0.25) is 0 Å². The maximum Gasteiger partial charge on any atom is 0.0643 e. The molecule has 119 valence electrons. The quantitative estimate of drug-likeness (QED) is 0.403. The van der Waals surface area contributed by atoms with Crippen LogP contribution in [0.4, 0.5) is 11.4 Å². The first-order chi connectivity index (χ1) is 12.4. The molecule has 0 amide bonds. The molecule has 0 N–H and O–H groups in total. The highest BCUT2D eigenvalue weighted by molar-refractivity contribution is 5.70. The monoisotopic (exact) mass is 320 g/mol. The van der Waals surface area contributed by atoms with Crippen LogP contribution in [-0.4, -0.2) is 0 Å². The van der Waals surface area contributed by atoms with Gasteiger partial charge in [-0.25, -0.2) is 5.32 Å². The predicted molar refractivity (Wildman–Crippen MR) is 105 cm³/mol. The van der Waals surface area contributed by atoms with E-state index >= 15 is 0 Å². The van der Waals surface area contributed by atoms with E-state index in [1.165, 1.54) is 22.3 Å². The van der Waals surface area contributed by atoms with E-state index < -0.39 is 0 Å². The van der Waals surface area contributed by atoms with E-state index in [9.17, 15) is 0 Å². The maximum atomic E-state index is 4.81. The Balaban J connectivity index is 1.61. The van der Waals surface area contributed by atoms with Gasteiger partial charge >= 0.3 is 0 Å². The second-order valence-corrected chi connectivity index (χ2v) is 5.94. The summed E-state index contributed by atoms with van der Waals surface area (Å²) in [6, 6.07) is 37.5. The summed E-state index contributed by atoms with van der Waals surface area (Å²) in [4.78, 5) is 0. The van der Waals surface area contributed by atoms with E-state index in [0.29, 0.717) is 0 Å². The first-order valence-corrected chi connectivity index (χ1v) is 8.41. The van der Waals surface area contributed by atoms with Crippen LogP contribution in [0.5, 0.6) is 0 Å². The summed E-state index contributed by atoms with van der Waals surface area (Å²) in [5, 5.41) is 4.81. The summed E-state index contributed by atoms with van der Waals surface area (Å²) < 4.78 is 0. The summed E-state index contributed by atoms with van der Waals surface area (Å²) in [7, 11) is 0. The lowest BCUT2D eigenvalue weighted by Gasteiger charge is -2.08. The molecule has 0 spiro atoms. The van der Waals surface area contributed by atoms with Crippen molar-refractivity contribution in [2.24, 2.45) is 0 Å². The van der Waals surface area contributed by atoms with Crippen LogP contribution < -0.4 is 5.32 Å².